The molecule has 1 aromatic carbocycles. The first kappa shape index (κ1) is 15.9. The van der Waals surface area contributed by atoms with E-state index in [4.69, 9.17) is 4.74 Å². The molecule has 25 heavy (non-hydrogen) atoms. The Balaban J connectivity index is 1.71. The molecule has 4 rings (SSSR count). The minimum Gasteiger partial charge on any atom is -0.504 e. The monoisotopic (exact) mass is 354 g/mol. The third-order valence-corrected chi connectivity index (χ3v) is 5.67. The fourth-order valence-corrected chi connectivity index (χ4v) is 4.50. The Morgan fingerprint density at radius 1 is 1.28 bits per heavy atom. The topological polar surface area (TPSA) is 75.2 Å². The van der Waals surface area contributed by atoms with E-state index in [2.05, 4.69) is 9.97 Å². The molecule has 0 spiro atoms. The molecule has 0 saturated carbocycles. The fourth-order valence-electron chi connectivity index (χ4n) is 3.23. The van der Waals surface area contributed by atoms with E-state index < -0.39 is 0 Å². The standard InChI is InChI=1S/C19H18N2O3S/c1-24-14-10-11(6-8-13(14)22)7-9-16-20-18(23)17-12-4-2-3-5-15(12)25-19(17)21-16/h6-10,22H,2-5H2,1H3,(H,20,21,23)/b9-7+. The molecule has 1 aliphatic rings. The van der Waals surface area contributed by atoms with Gasteiger partial charge in [0.2, 0.25) is 0 Å². The minimum atomic E-state index is -0.0627. The zero-order valence-corrected chi connectivity index (χ0v) is 14.7. The lowest BCUT2D eigenvalue weighted by atomic mass is 9.97. The first-order valence-electron chi connectivity index (χ1n) is 8.25. The minimum absolute atomic E-state index is 0.0627. The normalized spacial score (nSPS) is 14.1. The second-order valence-corrected chi connectivity index (χ2v) is 7.19. The van der Waals surface area contributed by atoms with Gasteiger partial charge in [-0.3, -0.25) is 4.79 Å². The molecule has 0 bridgehead atoms. The predicted octanol–water partition coefficient (Wildman–Crippen LogP) is 3.75. The SMILES string of the molecule is COc1cc(/C=C/c2nc3sc4c(c3c(=O)[nH]2)CCCC4)ccc1O. The molecule has 1 aliphatic carbocycles. The summed E-state index contributed by atoms with van der Waals surface area (Å²) in [5, 5.41) is 10.4. The van der Waals surface area contributed by atoms with Crippen LogP contribution in [0.3, 0.4) is 0 Å². The fraction of sp³-hybridized carbons (Fsp3) is 0.263. The molecule has 2 heterocycles. The molecule has 2 N–H and O–H groups in total. The highest BCUT2D eigenvalue weighted by Gasteiger charge is 2.19. The summed E-state index contributed by atoms with van der Waals surface area (Å²) in [6, 6.07) is 5.08. The molecular formula is C19H18N2O3S. The van der Waals surface area contributed by atoms with Gasteiger partial charge in [-0.1, -0.05) is 12.1 Å². The molecule has 2 aromatic heterocycles. The lowest BCUT2D eigenvalue weighted by Gasteiger charge is -2.09. The smallest absolute Gasteiger partial charge is 0.260 e. The van der Waals surface area contributed by atoms with Crippen molar-refractivity contribution in [1.82, 2.24) is 9.97 Å². The molecule has 0 atom stereocenters. The summed E-state index contributed by atoms with van der Waals surface area (Å²) in [5.74, 6) is 1.03. The van der Waals surface area contributed by atoms with Crippen molar-refractivity contribution < 1.29 is 9.84 Å². The number of ether oxygens (including phenoxy) is 1. The summed E-state index contributed by atoms with van der Waals surface area (Å²) < 4.78 is 5.11. The van der Waals surface area contributed by atoms with Crippen molar-refractivity contribution in [3.63, 3.8) is 0 Å². The van der Waals surface area contributed by atoms with Gasteiger partial charge in [0, 0.05) is 4.88 Å². The Bertz CT molecular complexity index is 1030. The van der Waals surface area contributed by atoms with Crippen LogP contribution in [-0.4, -0.2) is 22.2 Å². The first-order valence-corrected chi connectivity index (χ1v) is 9.07. The van der Waals surface area contributed by atoms with E-state index in [1.807, 2.05) is 6.08 Å². The highest BCUT2D eigenvalue weighted by molar-refractivity contribution is 7.18. The Morgan fingerprint density at radius 2 is 2.12 bits per heavy atom. The van der Waals surface area contributed by atoms with E-state index >= 15 is 0 Å². The van der Waals surface area contributed by atoms with Gasteiger partial charge in [-0.2, -0.15) is 0 Å². The average Bonchev–Trinajstić information content (AvgIpc) is 2.99. The summed E-state index contributed by atoms with van der Waals surface area (Å²) in [7, 11) is 1.51. The van der Waals surface area contributed by atoms with E-state index in [9.17, 15) is 9.90 Å². The van der Waals surface area contributed by atoms with E-state index in [1.165, 1.54) is 24.0 Å². The number of aromatic nitrogens is 2. The Hall–Kier alpha value is -2.60. The molecule has 3 aromatic rings. The van der Waals surface area contributed by atoms with Crippen LogP contribution in [0.1, 0.15) is 34.7 Å². The number of benzene rings is 1. The van der Waals surface area contributed by atoms with Crippen molar-refractivity contribution in [2.45, 2.75) is 25.7 Å². The number of phenolic OH excluding ortho intramolecular Hbond substituents is 1. The number of aromatic hydroxyl groups is 1. The molecule has 128 valence electrons. The predicted molar refractivity (Wildman–Crippen MR) is 100 cm³/mol. The van der Waals surface area contributed by atoms with Gasteiger partial charge < -0.3 is 14.8 Å². The molecule has 0 fully saturated rings. The Kier molecular flexibility index (Phi) is 4.05. The van der Waals surface area contributed by atoms with E-state index in [0.717, 1.165) is 35.0 Å². The molecule has 0 radical (unpaired) electrons. The summed E-state index contributed by atoms with van der Waals surface area (Å²) in [6.45, 7) is 0. The largest absolute Gasteiger partial charge is 0.504 e. The van der Waals surface area contributed by atoms with Gasteiger partial charge in [-0.25, -0.2) is 4.98 Å². The number of nitrogens with one attached hydrogen (secondary N) is 1. The van der Waals surface area contributed by atoms with Crippen LogP contribution < -0.4 is 10.3 Å². The lowest BCUT2D eigenvalue weighted by molar-refractivity contribution is 0.373. The molecule has 0 amide bonds. The van der Waals surface area contributed by atoms with Crippen molar-refractivity contribution in [2.24, 2.45) is 0 Å². The summed E-state index contributed by atoms with van der Waals surface area (Å²) >= 11 is 1.64. The first-order chi connectivity index (χ1) is 12.2. The quantitative estimate of drug-likeness (QED) is 0.751. The number of aryl methyl sites for hydroxylation is 2. The van der Waals surface area contributed by atoms with Crippen LogP contribution >= 0.6 is 11.3 Å². The number of aromatic amines is 1. The maximum absolute atomic E-state index is 12.5. The van der Waals surface area contributed by atoms with Crippen LogP contribution in [0.15, 0.2) is 23.0 Å². The highest BCUT2D eigenvalue weighted by Crippen LogP contribution is 2.33. The van der Waals surface area contributed by atoms with Gasteiger partial charge in [-0.15, -0.1) is 11.3 Å². The molecular weight excluding hydrogens is 336 g/mol. The van der Waals surface area contributed by atoms with Gasteiger partial charge in [0.25, 0.3) is 5.56 Å². The van der Waals surface area contributed by atoms with Gasteiger partial charge in [0.05, 0.1) is 12.5 Å². The summed E-state index contributed by atoms with van der Waals surface area (Å²) in [4.78, 5) is 22.1. The average molecular weight is 354 g/mol. The third-order valence-electron chi connectivity index (χ3n) is 4.48. The number of thiophene rings is 1. The van der Waals surface area contributed by atoms with Crippen LogP contribution in [-0.2, 0) is 12.8 Å². The Labute approximate surface area is 148 Å². The van der Waals surface area contributed by atoms with E-state index in [1.54, 1.807) is 35.6 Å². The van der Waals surface area contributed by atoms with E-state index in [-0.39, 0.29) is 11.3 Å². The lowest BCUT2D eigenvalue weighted by Crippen LogP contribution is -2.11. The number of nitrogens with zero attached hydrogens (tertiary/aromatic N) is 1. The molecule has 0 aliphatic heterocycles. The Morgan fingerprint density at radius 3 is 2.96 bits per heavy atom. The molecule has 5 nitrogen and oxygen atoms in total. The highest BCUT2D eigenvalue weighted by atomic mass is 32.1. The van der Waals surface area contributed by atoms with Crippen molar-refractivity contribution in [3.05, 3.63) is 50.4 Å². The molecule has 6 heteroatoms. The van der Waals surface area contributed by atoms with Crippen molar-refractivity contribution >= 4 is 33.7 Å². The zero-order chi connectivity index (χ0) is 17.4. The van der Waals surface area contributed by atoms with Crippen LogP contribution in [0.2, 0.25) is 0 Å². The van der Waals surface area contributed by atoms with Gasteiger partial charge in [-0.05, 0) is 55.0 Å². The molecule has 0 unspecified atom stereocenters. The van der Waals surface area contributed by atoms with Gasteiger partial charge >= 0.3 is 0 Å². The number of hydrogen-bond donors (Lipinski definition) is 2. The number of rotatable bonds is 3. The van der Waals surface area contributed by atoms with Crippen LogP contribution in [0, 0.1) is 0 Å². The molecule has 0 saturated heterocycles. The maximum atomic E-state index is 12.5. The van der Waals surface area contributed by atoms with E-state index in [0.29, 0.717) is 11.6 Å². The number of methoxy groups -OCH3 is 1. The number of fused-ring (bicyclic) bond motifs is 3. The maximum Gasteiger partial charge on any atom is 0.260 e. The second kappa shape index (κ2) is 6.37. The summed E-state index contributed by atoms with van der Waals surface area (Å²) in [5.41, 5.74) is 1.98. The van der Waals surface area contributed by atoms with Crippen molar-refractivity contribution in [1.29, 1.82) is 0 Å². The van der Waals surface area contributed by atoms with Crippen molar-refractivity contribution in [3.8, 4) is 11.5 Å². The summed E-state index contributed by atoms with van der Waals surface area (Å²) in [6.07, 6.45) is 7.96. The third kappa shape index (κ3) is 2.93. The second-order valence-electron chi connectivity index (χ2n) is 6.11. The van der Waals surface area contributed by atoms with Gasteiger partial charge in [0.1, 0.15) is 10.7 Å². The van der Waals surface area contributed by atoms with Crippen LogP contribution in [0.25, 0.3) is 22.4 Å². The number of phenols is 1. The zero-order valence-electron chi connectivity index (χ0n) is 13.8. The van der Waals surface area contributed by atoms with Crippen molar-refractivity contribution in [2.75, 3.05) is 7.11 Å². The number of H-pyrrole nitrogens is 1. The van der Waals surface area contributed by atoms with Crippen LogP contribution in [0.4, 0.5) is 0 Å². The van der Waals surface area contributed by atoms with Crippen LogP contribution in [0.5, 0.6) is 11.5 Å². The number of hydrogen-bond acceptors (Lipinski definition) is 5. The van der Waals surface area contributed by atoms with Gasteiger partial charge in [0.15, 0.2) is 11.5 Å².